The molecule has 5 nitrogen and oxygen atoms in total. The molecule has 0 aliphatic heterocycles. The number of hydrogen-bond donors (Lipinski definition) is 2. The molecular formula is C18H20ClFN2O3. The molecule has 0 fully saturated rings. The van der Waals surface area contributed by atoms with E-state index < -0.39 is 5.82 Å². The molecule has 25 heavy (non-hydrogen) atoms. The first-order chi connectivity index (χ1) is 12.1. The van der Waals surface area contributed by atoms with Gasteiger partial charge in [-0.2, -0.15) is 0 Å². The van der Waals surface area contributed by atoms with Crippen molar-refractivity contribution in [3.63, 3.8) is 0 Å². The highest BCUT2D eigenvalue weighted by Gasteiger charge is 2.13. The van der Waals surface area contributed by atoms with Crippen LogP contribution in [-0.2, 0) is 6.54 Å². The summed E-state index contributed by atoms with van der Waals surface area (Å²) in [7, 11) is 1.52. The van der Waals surface area contributed by atoms with Gasteiger partial charge in [-0.15, -0.1) is 0 Å². The smallest absolute Gasteiger partial charge is 0.251 e. The van der Waals surface area contributed by atoms with Crippen LogP contribution in [0.1, 0.15) is 22.3 Å². The molecule has 0 aliphatic rings. The number of rotatable bonds is 8. The van der Waals surface area contributed by atoms with Crippen molar-refractivity contribution in [2.24, 2.45) is 5.73 Å². The summed E-state index contributed by atoms with van der Waals surface area (Å²) in [6.45, 7) is 0.958. The normalized spacial score (nSPS) is 10.4. The number of carbonyl (C=O) groups excluding carboxylic acids is 1. The summed E-state index contributed by atoms with van der Waals surface area (Å²) in [5.74, 6) is 0.0858. The number of nitrogens with two attached hydrogens (primary N) is 1. The van der Waals surface area contributed by atoms with E-state index in [4.69, 9.17) is 26.8 Å². The van der Waals surface area contributed by atoms with Gasteiger partial charge < -0.3 is 20.5 Å². The maximum absolute atomic E-state index is 13.9. The van der Waals surface area contributed by atoms with Crippen molar-refractivity contribution in [3.8, 4) is 11.5 Å². The minimum atomic E-state index is -0.537. The molecule has 0 aromatic heterocycles. The zero-order valence-corrected chi connectivity index (χ0v) is 14.6. The lowest BCUT2D eigenvalue weighted by Gasteiger charge is -2.12. The standard InChI is InChI=1S/C18H20ClFN2O3/c1-24-15-7-6-12(10-16(15)25-9-3-8-21)18(23)22-11-13-4-2-5-14(19)17(13)20/h2,4-7,10H,3,8-9,11,21H2,1H3,(H,22,23). The van der Waals surface area contributed by atoms with Crippen LogP contribution >= 0.6 is 11.6 Å². The molecule has 0 aliphatic carbocycles. The van der Waals surface area contributed by atoms with Gasteiger partial charge in [-0.25, -0.2) is 4.39 Å². The summed E-state index contributed by atoms with van der Waals surface area (Å²) in [4.78, 5) is 12.3. The Bertz CT molecular complexity index is 740. The van der Waals surface area contributed by atoms with Crippen molar-refractivity contribution in [3.05, 3.63) is 58.4 Å². The molecule has 2 aromatic carbocycles. The van der Waals surface area contributed by atoms with Crippen molar-refractivity contribution < 1.29 is 18.7 Å². The first-order valence-corrected chi connectivity index (χ1v) is 8.16. The van der Waals surface area contributed by atoms with Crippen molar-refractivity contribution in [1.82, 2.24) is 5.32 Å². The van der Waals surface area contributed by atoms with Crippen LogP contribution in [0.2, 0.25) is 5.02 Å². The van der Waals surface area contributed by atoms with E-state index in [1.54, 1.807) is 30.3 Å². The highest BCUT2D eigenvalue weighted by atomic mass is 35.5. The van der Waals surface area contributed by atoms with Crippen LogP contribution in [0.15, 0.2) is 36.4 Å². The molecule has 3 N–H and O–H groups in total. The Labute approximate surface area is 150 Å². The van der Waals surface area contributed by atoms with Gasteiger partial charge in [-0.1, -0.05) is 23.7 Å². The van der Waals surface area contributed by atoms with Crippen LogP contribution in [0.25, 0.3) is 0 Å². The van der Waals surface area contributed by atoms with E-state index in [1.165, 1.54) is 13.2 Å². The first-order valence-electron chi connectivity index (χ1n) is 7.78. The Morgan fingerprint density at radius 2 is 2.08 bits per heavy atom. The summed E-state index contributed by atoms with van der Waals surface area (Å²) in [6.07, 6.45) is 0.688. The third kappa shape index (κ3) is 5.08. The monoisotopic (exact) mass is 366 g/mol. The first kappa shape index (κ1) is 19.0. The van der Waals surface area contributed by atoms with Crippen LogP contribution in [0, 0.1) is 5.82 Å². The molecule has 0 unspecified atom stereocenters. The Hall–Kier alpha value is -2.31. The van der Waals surface area contributed by atoms with E-state index in [2.05, 4.69) is 5.32 Å². The number of benzene rings is 2. The molecule has 2 aromatic rings. The zero-order chi connectivity index (χ0) is 18.2. The lowest BCUT2D eigenvalue weighted by atomic mass is 10.1. The number of ether oxygens (including phenoxy) is 2. The third-order valence-electron chi connectivity index (χ3n) is 3.50. The summed E-state index contributed by atoms with van der Waals surface area (Å²) in [6, 6.07) is 9.49. The average molecular weight is 367 g/mol. The fourth-order valence-corrected chi connectivity index (χ4v) is 2.35. The number of methoxy groups -OCH3 is 1. The number of halogens is 2. The van der Waals surface area contributed by atoms with E-state index in [0.29, 0.717) is 42.2 Å². The van der Waals surface area contributed by atoms with Crippen molar-refractivity contribution >= 4 is 17.5 Å². The van der Waals surface area contributed by atoms with Crippen LogP contribution in [0.3, 0.4) is 0 Å². The van der Waals surface area contributed by atoms with E-state index in [-0.39, 0.29) is 17.5 Å². The molecule has 2 rings (SSSR count). The third-order valence-corrected chi connectivity index (χ3v) is 3.79. The van der Waals surface area contributed by atoms with Gasteiger partial charge in [0.05, 0.1) is 18.7 Å². The molecule has 0 bridgehead atoms. The van der Waals surface area contributed by atoms with Gasteiger partial charge in [-0.05, 0) is 37.2 Å². The molecule has 7 heteroatoms. The number of carbonyl (C=O) groups is 1. The van der Waals surface area contributed by atoms with E-state index in [0.717, 1.165) is 0 Å². The Morgan fingerprint density at radius 3 is 2.80 bits per heavy atom. The minimum Gasteiger partial charge on any atom is -0.493 e. The minimum absolute atomic E-state index is 0.0202. The van der Waals surface area contributed by atoms with Gasteiger partial charge in [0.25, 0.3) is 5.91 Å². The van der Waals surface area contributed by atoms with E-state index in [9.17, 15) is 9.18 Å². The number of hydrogen-bond acceptors (Lipinski definition) is 4. The topological polar surface area (TPSA) is 73.6 Å². The van der Waals surface area contributed by atoms with Gasteiger partial charge in [0.1, 0.15) is 5.82 Å². The fourth-order valence-electron chi connectivity index (χ4n) is 2.16. The fraction of sp³-hybridized carbons (Fsp3) is 0.278. The number of nitrogens with one attached hydrogen (secondary N) is 1. The van der Waals surface area contributed by atoms with E-state index in [1.807, 2.05) is 0 Å². The molecule has 0 heterocycles. The summed E-state index contributed by atoms with van der Waals surface area (Å²) in [5, 5.41) is 2.68. The Balaban J connectivity index is 2.07. The van der Waals surface area contributed by atoms with Crippen LogP contribution in [0.5, 0.6) is 11.5 Å². The Morgan fingerprint density at radius 1 is 1.28 bits per heavy atom. The second kappa shape index (κ2) is 9.25. The molecule has 0 atom stereocenters. The van der Waals surface area contributed by atoms with Gasteiger partial charge >= 0.3 is 0 Å². The van der Waals surface area contributed by atoms with Gasteiger partial charge in [-0.3, -0.25) is 4.79 Å². The summed E-state index contributed by atoms with van der Waals surface area (Å²) < 4.78 is 24.7. The van der Waals surface area contributed by atoms with Gasteiger partial charge in [0.2, 0.25) is 0 Å². The number of amides is 1. The highest BCUT2D eigenvalue weighted by molar-refractivity contribution is 6.30. The van der Waals surface area contributed by atoms with Gasteiger partial charge in [0.15, 0.2) is 11.5 Å². The molecule has 0 spiro atoms. The van der Waals surface area contributed by atoms with Crippen LogP contribution in [0.4, 0.5) is 4.39 Å². The van der Waals surface area contributed by atoms with Crippen molar-refractivity contribution in [1.29, 1.82) is 0 Å². The molecule has 1 amide bonds. The largest absolute Gasteiger partial charge is 0.493 e. The average Bonchev–Trinajstić information content (AvgIpc) is 2.62. The zero-order valence-electron chi connectivity index (χ0n) is 13.9. The second-order valence-corrected chi connectivity index (χ2v) is 5.66. The SMILES string of the molecule is COc1ccc(C(=O)NCc2cccc(Cl)c2F)cc1OCCCN. The summed E-state index contributed by atoms with van der Waals surface area (Å²) in [5.41, 5.74) is 6.14. The Kier molecular flexibility index (Phi) is 7.03. The van der Waals surface area contributed by atoms with Crippen LogP contribution in [-0.4, -0.2) is 26.2 Å². The predicted molar refractivity (Wildman–Crippen MR) is 94.7 cm³/mol. The maximum Gasteiger partial charge on any atom is 0.251 e. The molecule has 0 saturated carbocycles. The lowest BCUT2D eigenvalue weighted by molar-refractivity contribution is 0.0950. The lowest BCUT2D eigenvalue weighted by Crippen LogP contribution is -2.23. The van der Waals surface area contributed by atoms with Gasteiger partial charge in [0, 0.05) is 17.7 Å². The van der Waals surface area contributed by atoms with Crippen molar-refractivity contribution in [2.75, 3.05) is 20.3 Å². The maximum atomic E-state index is 13.9. The molecular weight excluding hydrogens is 347 g/mol. The van der Waals surface area contributed by atoms with Crippen LogP contribution < -0.4 is 20.5 Å². The molecule has 0 saturated heterocycles. The molecule has 0 radical (unpaired) electrons. The van der Waals surface area contributed by atoms with Crippen molar-refractivity contribution in [2.45, 2.75) is 13.0 Å². The van der Waals surface area contributed by atoms with E-state index >= 15 is 0 Å². The summed E-state index contributed by atoms with van der Waals surface area (Å²) >= 11 is 5.73. The molecule has 134 valence electrons. The second-order valence-electron chi connectivity index (χ2n) is 5.25. The predicted octanol–water partition coefficient (Wildman–Crippen LogP) is 3.15. The highest BCUT2D eigenvalue weighted by Crippen LogP contribution is 2.28. The quantitative estimate of drug-likeness (QED) is 0.704.